The van der Waals surface area contributed by atoms with Crippen molar-refractivity contribution in [1.82, 2.24) is 5.43 Å². The van der Waals surface area contributed by atoms with Gasteiger partial charge in [-0.05, 0) is 37.0 Å². The maximum atomic E-state index is 13.0. The molecule has 0 saturated carbocycles. The van der Waals surface area contributed by atoms with Gasteiger partial charge in [0.05, 0.1) is 0 Å². The first-order chi connectivity index (χ1) is 8.10. The van der Waals surface area contributed by atoms with Gasteiger partial charge in [0.15, 0.2) is 17.5 Å². The molecule has 0 bridgehead atoms. The van der Waals surface area contributed by atoms with Crippen LogP contribution in [0.15, 0.2) is 24.8 Å². The number of nitrogens with two attached hydrogens (primary N) is 1. The summed E-state index contributed by atoms with van der Waals surface area (Å²) in [7, 11) is 0. The number of allylic oxidation sites excluding steroid dienone is 1. The number of rotatable bonds is 6. The highest BCUT2D eigenvalue weighted by Gasteiger charge is 2.16. The molecule has 3 N–H and O–H groups in total. The van der Waals surface area contributed by atoms with E-state index in [0.717, 1.165) is 25.0 Å². The summed E-state index contributed by atoms with van der Waals surface area (Å²) in [5.74, 6) is 1.44. The molecule has 0 aliphatic heterocycles. The van der Waals surface area contributed by atoms with E-state index in [0.29, 0.717) is 12.0 Å². The first-order valence-electron chi connectivity index (χ1n) is 5.31. The molecule has 1 unspecified atom stereocenters. The molecule has 0 radical (unpaired) electrons. The third kappa shape index (κ3) is 3.57. The number of unbranched alkanes of at least 4 members (excludes halogenated alkanes) is 1. The molecule has 17 heavy (non-hydrogen) atoms. The van der Waals surface area contributed by atoms with E-state index >= 15 is 0 Å². The largest absolute Gasteiger partial charge is 0.271 e. The third-order valence-electron chi connectivity index (χ3n) is 2.51. The molecule has 0 spiro atoms. The Hall–Kier alpha value is -1.33. The summed E-state index contributed by atoms with van der Waals surface area (Å²) in [5, 5.41) is 0. The van der Waals surface area contributed by atoms with Crippen LogP contribution in [-0.2, 0) is 0 Å². The Labute approximate surface area is 98.3 Å². The van der Waals surface area contributed by atoms with Crippen LogP contribution in [0, 0.1) is 17.5 Å². The van der Waals surface area contributed by atoms with E-state index in [4.69, 9.17) is 5.84 Å². The monoisotopic (exact) mass is 244 g/mol. The van der Waals surface area contributed by atoms with Crippen LogP contribution in [0.2, 0.25) is 0 Å². The van der Waals surface area contributed by atoms with Gasteiger partial charge in [-0.15, -0.1) is 6.58 Å². The fourth-order valence-electron chi connectivity index (χ4n) is 1.59. The summed E-state index contributed by atoms with van der Waals surface area (Å²) in [4.78, 5) is 0. The molecule has 2 nitrogen and oxygen atoms in total. The first-order valence-corrected chi connectivity index (χ1v) is 5.31. The molecule has 1 aromatic carbocycles. The summed E-state index contributed by atoms with van der Waals surface area (Å²) < 4.78 is 38.8. The van der Waals surface area contributed by atoms with Gasteiger partial charge in [-0.25, -0.2) is 13.2 Å². The van der Waals surface area contributed by atoms with Gasteiger partial charge in [0.2, 0.25) is 0 Å². The Balaban J connectivity index is 2.84. The van der Waals surface area contributed by atoms with Crippen molar-refractivity contribution in [3.63, 3.8) is 0 Å². The molecule has 5 heteroatoms. The number of halogens is 3. The second kappa shape index (κ2) is 6.42. The van der Waals surface area contributed by atoms with E-state index in [1.165, 1.54) is 0 Å². The van der Waals surface area contributed by atoms with Crippen LogP contribution in [0.1, 0.15) is 30.9 Å². The van der Waals surface area contributed by atoms with Crippen molar-refractivity contribution in [2.45, 2.75) is 25.3 Å². The third-order valence-corrected chi connectivity index (χ3v) is 2.51. The zero-order valence-corrected chi connectivity index (χ0v) is 9.35. The van der Waals surface area contributed by atoms with Crippen molar-refractivity contribution in [2.75, 3.05) is 0 Å². The quantitative estimate of drug-likeness (QED) is 0.265. The van der Waals surface area contributed by atoms with E-state index < -0.39 is 23.5 Å². The van der Waals surface area contributed by atoms with Crippen molar-refractivity contribution in [2.24, 2.45) is 5.84 Å². The zero-order valence-electron chi connectivity index (χ0n) is 9.35. The average Bonchev–Trinajstić information content (AvgIpc) is 2.31. The number of benzene rings is 1. The lowest BCUT2D eigenvalue weighted by Gasteiger charge is -2.16. The molecule has 0 saturated heterocycles. The lowest BCUT2D eigenvalue weighted by Crippen LogP contribution is -2.28. The molecule has 94 valence electrons. The number of hydrazine groups is 1. The Morgan fingerprint density at radius 1 is 1.29 bits per heavy atom. The fraction of sp³-hybridized carbons (Fsp3) is 0.333. The van der Waals surface area contributed by atoms with Crippen molar-refractivity contribution >= 4 is 0 Å². The Bertz CT molecular complexity index is 370. The van der Waals surface area contributed by atoms with E-state index in [2.05, 4.69) is 12.0 Å². The molecule has 1 atom stereocenters. The summed E-state index contributed by atoms with van der Waals surface area (Å²) in [6.07, 6.45) is 3.90. The standard InChI is InChI=1S/C12H15F3N2/c1-2-3-4-5-11(17-16)8-6-9(13)12(15)10(14)7-8/h2,6-7,11,17H,1,3-5,16H2. The Morgan fingerprint density at radius 2 is 1.88 bits per heavy atom. The van der Waals surface area contributed by atoms with E-state index in [1.807, 2.05) is 0 Å². The minimum absolute atomic E-state index is 0.299. The molecule has 0 heterocycles. The van der Waals surface area contributed by atoms with Crippen molar-refractivity contribution in [3.8, 4) is 0 Å². The summed E-state index contributed by atoms with van der Waals surface area (Å²) in [6, 6.07) is 1.51. The summed E-state index contributed by atoms with van der Waals surface area (Å²) >= 11 is 0. The summed E-state index contributed by atoms with van der Waals surface area (Å²) in [5.41, 5.74) is 2.76. The van der Waals surface area contributed by atoms with Crippen LogP contribution < -0.4 is 11.3 Å². The van der Waals surface area contributed by atoms with Gasteiger partial charge in [-0.1, -0.05) is 6.08 Å². The predicted molar refractivity (Wildman–Crippen MR) is 60.4 cm³/mol. The Morgan fingerprint density at radius 3 is 2.35 bits per heavy atom. The minimum atomic E-state index is -1.46. The Kier molecular flexibility index (Phi) is 5.18. The van der Waals surface area contributed by atoms with Gasteiger partial charge in [0, 0.05) is 6.04 Å². The lowest BCUT2D eigenvalue weighted by molar-refractivity contribution is 0.435. The van der Waals surface area contributed by atoms with E-state index in [-0.39, 0.29) is 0 Å². The van der Waals surface area contributed by atoms with Crippen LogP contribution >= 0.6 is 0 Å². The minimum Gasteiger partial charge on any atom is -0.271 e. The van der Waals surface area contributed by atoms with Gasteiger partial charge in [-0.3, -0.25) is 11.3 Å². The number of nitrogens with one attached hydrogen (secondary N) is 1. The van der Waals surface area contributed by atoms with Crippen LogP contribution in [0.5, 0.6) is 0 Å². The fourth-order valence-corrected chi connectivity index (χ4v) is 1.59. The molecule has 0 amide bonds. The highest BCUT2D eigenvalue weighted by Crippen LogP contribution is 2.22. The SMILES string of the molecule is C=CCCCC(NN)c1cc(F)c(F)c(F)c1. The lowest BCUT2D eigenvalue weighted by atomic mass is 10.0. The number of hydrogen-bond donors (Lipinski definition) is 2. The molecule has 1 rings (SSSR count). The van der Waals surface area contributed by atoms with Crippen LogP contribution in [-0.4, -0.2) is 0 Å². The second-order valence-electron chi connectivity index (χ2n) is 3.74. The smallest absolute Gasteiger partial charge is 0.194 e. The molecule has 1 aromatic rings. The van der Waals surface area contributed by atoms with Gasteiger partial charge in [0.1, 0.15) is 0 Å². The van der Waals surface area contributed by atoms with E-state index in [1.54, 1.807) is 6.08 Å². The first kappa shape index (κ1) is 13.7. The van der Waals surface area contributed by atoms with Gasteiger partial charge in [0.25, 0.3) is 0 Å². The molecular formula is C12H15F3N2. The maximum absolute atomic E-state index is 13.0. The zero-order chi connectivity index (χ0) is 12.8. The number of hydrogen-bond acceptors (Lipinski definition) is 2. The van der Waals surface area contributed by atoms with Gasteiger partial charge in [-0.2, -0.15) is 0 Å². The predicted octanol–water partition coefficient (Wildman–Crippen LogP) is 2.96. The average molecular weight is 244 g/mol. The highest BCUT2D eigenvalue weighted by molar-refractivity contribution is 5.22. The van der Waals surface area contributed by atoms with Crippen molar-refractivity contribution < 1.29 is 13.2 Å². The van der Waals surface area contributed by atoms with Crippen LogP contribution in [0.4, 0.5) is 13.2 Å². The second-order valence-corrected chi connectivity index (χ2v) is 3.74. The molecule has 0 aliphatic rings. The molecule has 0 aromatic heterocycles. The maximum Gasteiger partial charge on any atom is 0.194 e. The molecule has 0 aliphatic carbocycles. The highest BCUT2D eigenvalue weighted by atomic mass is 19.2. The molecular weight excluding hydrogens is 229 g/mol. The van der Waals surface area contributed by atoms with Crippen molar-refractivity contribution in [3.05, 3.63) is 47.8 Å². The van der Waals surface area contributed by atoms with Gasteiger partial charge >= 0.3 is 0 Å². The van der Waals surface area contributed by atoms with Crippen LogP contribution in [0.3, 0.4) is 0 Å². The van der Waals surface area contributed by atoms with E-state index in [9.17, 15) is 13.2 Å². The van der Waals surface area contributed by atoms with Gasteiger partial charge < -0.3 is 0 Å². The summed E-state index contributed by atoms with van der Waals surface area (Å²) in [6.45, 7) is 3.57. The molecule has 0 fully saturated rings. The topological polar surface area (TPSA) is 38.0 Å². The van der Waals surface area contributed by atoms with Crippen molar-refractivity contribution in [1.29, 1.82) is 0 Å². The normalized spacial score (nSPS) is 12.5. The van der Waals surface area contributed by atoms with Crippen LogP contribution in [0.25, 0.3) is 0 Å².